The molecule has 4 rings (SSSR count). The number of likely N-dealkylation sites (tertiary alicyclic amines) is 1. The maximum Gasteiger partial charge on any atom is 0.312 e. The van der Waals surface area contributed by atoms with Crippen LogP contribution in [-0.2, 0) is 19.8 Å². The molecule has 2 heterocycles. The van der Waals surface area contributed by atoms with Crippen molar-refractivity contribution in [3.8, 4) is 6.07 Å². The first-order valence-electron chi connectivity index (χ1n) is 11.7. The van der Waals surface area contributed by atoms with Gasteiger partial charge in [0.2, 0.25) is 5.91 Å². The number of nitriles is 1. The van der Waals surface area contributed by atoms with Gasteiger partial charge in [0.15, 0.2) is 0 Å². The SMILES string of the molecule is CN(C(=O)C(=O)NC1CC1)[C@@H](CC(C)(C)C)C(=O)N1CC2(CNc3ccccc32)C[C@H]1C#N. The van der Waals surface area contributed by atoms with Gasteiger partial charge in [0, 0.05) is 37.3 Å². The fourth-order valence-corrected chi connectivity index (χ4v) is 5.05. The van der Waals surface area contributed by atoms with E-state index in [-0.39, 0.29) is 22.8 Å². The summed E-state index contributed by atoms with van der Waals surface area (Å²) in [6, 6.07) is 8.99. The first-order valence-corrected chi connectivity index (χ1v) is 11.7. The summed E-state index contributed by atoms with van der Waals surface area (Å²) in [6.45, 7) is 7.07. The molecule has 3 aliphatic rings. The predicted molar refractivity (Wildman–Crippen MR) is 124 cm³/mol. The van der Waals surface area contributed by atoms with Gasteiger partial charge in [0.05, 0.1) is 6.07 Å². The molecule has 8 nitrogen and oxygen atoms in total. The van der Waals surface area contributed by atoms with Gasteiger partial charge < -0.3 is 20.4 Å². The Balaban J connectivity index is 1.59. The summed E-state index contributed by atoms with van der Waals surface area (Å²) in [5.74, 6) is -1.65. The smallest absolute Gasteiger partial charge is 0.312 e. The molecule has 1 aromatic rings. The van der Waals surface area contributed by atoms with Gasteiger partial charge in [-0.3, -0.25) is 14.4 Å². The Morgan fingerprint density at radius 3 is 2.64 bits per heavy atom. The highest BCUT2D eigenvalue weighted by Crippen LogP contribution is 2.45. The first-order chi connectivity index (χ1) is 15.5. The van der Waals surface area contributed by atoms with Gasteiger partial charge in [-0.15, -0.1) is 0 Å². The Morgan fingerprint density at radius 2 is 2.00 bits per heavy atom. The van der Waals surface area contributed by atoms with E-state index >= 15 is 0 Å². The molecule has 1 unspecified atom stereocenters. The molecular formula is C25H33N5O3. The Labute approximate surface area is 195 Å². The molecule has 8 heteroatoms. The number of anilines is 1. The fraction of sp³-hybridized carbons (Fsp3) is 0.600. The van der Waals surface area contributed by atoms with Gasteiger partial charge in [-0.1, -0.05) is 39.0 Å². The Bertz CT molecular complexity index is 1010. The van der Waals surface area contributed by atoms with E-state index in [1.807, 2.05) is 39.0 Å². The number of amides is 3. The molecule has 176 valence electrons. The van der Waals surface area contributed by atoms with Gasteiger partial charge >= 0.3 is 11.8 Å². The molecular weight excluding hydrogens is 418 g/mol. The minimum Gasteiger partial charge on any atom is -0.384 e. The number of hydrogen-bond donors (Lipinski definition) is 2. The van der Waals surface area contributed by atoms with Crippen LogP contribution in [0.5, 0.6) is 0 Å². The number of benzene rings is 1. The molecule has 2 N–H and O–H groups in total. The highest BCUT2D eigenvalue weighted by molar-refractivity contribution is 6.35. The molecule has 2 fully saturated rings. The number of carbonyl (C=O) groups excluding carboxylic acids is 3. The van der Waals surface area contributed by atoms with Gasteiger partial charge in [-0.25, -0.2) is 0 Å². The van der Waals surface area contributed by atoms with Gasteiger partial charge in [-0.2, -0.15) is 5.26 Å². The van der Waals surface area contributed by atoms with E-state index in [2.05, 4.69) is 22.8 Å². The predicted octanol–water partition coefficient (Wildman–Crippen LogP) is 2.02. The topological polar surface area (TPSA) is 106 Å². The van der Waals surface area contributed by atoms with Crippen LogP contribution < -0.4 is 10.6 Å². The second-order valence-electron chi connectivity index (χ2n) is 10.9. The molecule has 3 atom stereocenters. The maximum absolute atomic E-state index is 13.9. The van der Waals surface area contributed by atoms with Gasteiger partial charge in [0.1, 0.15) is 12.1 Å². The molecule has 1 spiro atoms. The van der Waals surface area contributed by atoms with Gasteiger partial charge in [0.25, 0.3) is 0 Å². The molecule has 3 amide bonds. The van der Waals surface area contributed by atoms with Crippen LogP contribution in [0.25, 0.3) is 0 Å². The molecule has 0 radical (unpaired) electrons. The van der Waals surface area contributed by atoms with E-state index in [0.29, 0.717) is 25.9 Å². The lowest BCUT2D eigenvalue weighted by atomic mass is 9.80. The Kier molecular flexibility index (Phi) is 5.85. The summed E-state index contributed by atoms with van der Waals surface area (Å²) in [4.78, 5) is 42.1. The first kappa shape index (κ1) is 23.1. The zero-order chi connectivity index (χ0) is 24.0. The fourth-order valence-electron chi connectivity index (χ4n) is 5.05. The molecule has 1 saturated heterocycles. The third kappa shape index (κ3) is 4.54. The lowest BCUT2D eigenvalue weighted by molar-refractivity contribution is -0.151. The number of likely N-dealkylation sites (N-methyl/N-ethyl adjacent to an activating group) is 1. The average molecular weight is 452 g/mol. The summed E-state index contributed by atoms with van der Waals surface area (Å²) in [7, 11) is 1.52. The maximum atomic E-state index is 13.9. The van der Waals surface area contributed by atoms with Gasteiger partial charge in [-0.05, 0) is 42.7 Å². The number of para-hydroxylation sites is 1. The number of hydrogen-bond acceptors (Lipinski definition) is 5. The summed E-state index contributed by atoms with van der Waals surface area (Å²) in [5.41, 5.74) is 1.58. The van der Waals surface area contributed by atoms with Crippen molar-refractivity contribution in [2.45, 2.75) is 70.0 Å². The molecule has 2 aliphatic heterocycles. The highest BCUT2D eigenvalue weighted by atomic mass is 16.2. The molecule has 33 heavy (non-hydrogen) atoms. The minimum atomic E-state index is -0.821. The lowest BCUT2D eigenvalue weighted by Crippen LogP contribution is -2.55. The van der Waals surface area contributed by atoms with Crippen LogP contribution in [-0.4, -0.2) is 65.8 Å². The third-order valence-electron chi connectivity index (χ3n) is 6.97. The number of carbonyl (C=O) groups is 3. The van der Waals surface area contributed by atoms with Crippen LogP contribution in [0, 0.1) is 16.7 Å². The molecule has 0 bridgehead atoms. The van der Waals surface area contributed by atoms with Crippen LogP contribution >= 0.6 is 0 Å². The monoisotopic (exact) mass is 451 g/mol. The van der Waals surface area contributed by atoms with Crippen molar-refractivity contribution < 1.29 is 14.4 Å². The van der Waals surface area contributed by atoms with Crippen molar-refractivity contribution >= 4 is 23.4 Å². The highest BCUT2D eigenvalue weighted by Gasteiger charge is 2.52. The zero-order valence-corrected chi connectivity index (χ0v) is 19.9. The summed E-state index contributed by atoms with van der Waals surface area (Å²) in [6.07, 6.45) is 2.69. The van der Waals surface area contributed by atoms with Crippen LogP contribution in [0.3, 0.4) is 0 Å². The van der Waals surface area contributed by atoms with Crippen molar-refractivity contribution in [2.24, 2.45) is 5.41 Å². The molecule has 1 aromatic carbocycles. The standard InChI is InChI=1S/C25H33N5O3/c1-24(2,3)12-20(29(4)23(33)21(31)28-16-9-10-16)22(32)30-15-25(11-17(30)13-26)14-27-19-8-6-5-7-18(19)25/h5-8,16-17,20,27H,9-12,14-15H2,1-4H3,(H,28,31)/t17-,20-,25?/m0/s1. The van der Waals surface area contributed by atoms with Crippen molar-refractivity contribution in [1.29, 1.82) is 5.26 Å². The van der Waals surface area contributed by atoms with E-state index in [9.17, 15) is 19.6 Å². The summed E-state index contributed by atoms with van der Waals surface area (Å²) < 4.78 is 0. The van der Waals surface area contributed by atoms with Crippen molar-refractivity contribution in [1.82, 2.24) is 15.1 Å². The lowest BCUT2D eigenvalue weighted by Gasteiger charge is -2.35. The van der Waals surface area contributed by atoms with E-state index in [1.54, 1.807) is 4.90 Å². The zero-order valence-electron chi connectivity index (χ0n) is 19.9. The minimum absolute atomic E-state index is 0.0583. The van der Waals surface area contributed by atoms with Crippen LogP contribution in [0.2, 0.25) is 0 Å². The Morgan fingerprint density at radius 1 is 1.30 bits per heavy atom. The van der Waals surface area contributed by atoms with Crippen LogP contribution in [0.1, 0.15) is 52.0 Å². The van der Waals surface area contributed by atoms with Crippen molar-refractivity contribution in [3.63, 3.8) is 0 Å². The second-order valence-corrected chi connectivity index (χ2v) is 10.9. The third-order valence-corrected chi connectivity index (χ3v) is 6.97. The number of fused-ring (bicyclic) bond motifs is 2. The normalized spacial score (nSPS) is 24.6. The Hall–Kier alpha value is -3.08. The molecule has 0 aromatic heterocycles. The number of nitrogens with one attached hydrogen (secondary N) is 2. The van der Waals surface area contributed by atoms with Crippen LogP contribution in [0.4, 0.5) is 5.69 Å². The van der Waals surface area contributed by atoms with Crippen molar-refractivity contribution in [2.75, 3.05) is 25.5 Å². The van der Waals surface area contributed by atoms with E-state index in [1.165, 1.54) is 11.9 Å². The number of rotatable bonds is 4. The summed E-state index contributed by atoms with van der Waals surface area (Å²) >= 11 is 0. The second kappa shape index (κ2) is 8.36. The van der Waals surface area contributed by atoms with Crippen molar-refractivity contribution in [3.05, 3.63) is 29.8 Å². The number of nitrogens with zero attached hydrogens (tertiary/aromatic N) is 3. The summed E-state index contributed by atoms with van der Waals surface area (Å²) in [5, 5.41) is 16.1. The molecule has 1 saturated carbocycles. The quantitative estimate of drug-likeness (QED) is 0.682. The molecule has 1 aliphatic carbocycles. The van der Waals surface area contributed by atoms with Crippen LogP contribution in [0.15, 0.2) is 24.3 Å². The van der Waals surface area contributed by atoms with E-state index < -0.39 is 23.9 Å². The largest absolute Gasteiger partial charge is 0.384 e. The van der Waals surface area contributed by atoms with E-state index in [0.717, 1.165) is 24.1 Å². The average Bonchev–Trinajstić information content (AvgIpc) is 3.41. The van der Waals surface area contributed by atoms with E-state index in [4.69, 9.17) is 0 Å².